The molecule has 1 aromatic carbocycles. The van der Waals surface area contributed by atoms with Crippen LogP contribution in [-0.2, 0) is 0 Å². The summed E-state index contributed by atoms with van der Waals surface area (Å²) in [5.74, 6) is 0.146. The number of rotatable bonds is 2. The van der Waals surface area contributed by atoms with E-state index in [1.165, 1.54) is 25.7 Å². The van der Waals surface area contributed by atoms with Crippen molar-refractivity contribution in [2.45, 2.75) is 38.1 Å². The first-order valence-corrected chi connectivity index (χ1v) is 7.54. The van der Waals surface area contributed by atoms with Gasteiger partial charge in [0.05, 0.1) is 5.69 Å². The Kier molecular flexibility index (Phi) is 2.76. The molecule has 0 saturated heterocycles. The Bertz CT molecular complexity index is 545. The van der Waals surface area contributed by atoms with Crippen LogP contribution in [0.25, 0.3) is 0 Å². The molecule has 0 aliphatic heterocycles. The molecule has 4 rings (SSSR count). The lowest BCUT2D eigenvalue weighted by molar-refractivity contribution is 0.243. The summed E-state index contributed by atoms with van der Waals surface area (Å²) in [5.41, 5.74) is 0.107. The van der Waals surface area contributed by atoms with Gasteiger partial charge in [-0.05, 0) is 49.4 Å². The normalized spacial score (nSPS) is 38.2. The van der Waals surface area contributed by atoms with Crippen molar-refractivity contribution in [1.29, 1.82) is 0 Å². The maximum absolute atomic E-state index is 13.7. The first-order chi connectivity index (χ1) is 9.63. The lowest BCUT2D eigenvalue weighted by Crippen LogP contribution is -2.34. The molecule has 0 heterocycles. The van der Waals surface area contributed by atoms with Gasteiger partial charge in [0.1, 0.15) is 5.82 Å². The topological polar surface area (TPSA) is 12.0 Å². The maximum Gasteiger partial charge on any atom is 0.161 e. The SMILES string of the molecule is Fc1cc(F)c(NC2CC3CC2C2CCCC32)cc1F. The zero-order chi connectivity index (χ0) is 13.9. The van der Waals surface area contributed by atoms with Crippen LogP contribution in [0.3, 0.4) is 0 Å². The zero-order valence-electron chi connectivity index (χ0n) is 11.2. The van der Waals surface area contributed by atoms with Crippen LogP contribution in [0, 0.1) is 41.1 Å². The van der Waals surface area contributed by atoms with Crippen molar-refractivity contribution in [3.8, 4) is 0 Å². The monoisotopic (exact) mass is 281 g/mol. The molecule has 0 amide bonds. The number of halogens is 3. The van der Waals surface area contributed by atoms with Gasteiger partial charge in [0.15, 0.2) is 11.6 Å². The number of benzene rings is 1. The highest BCUT2D eigenvalue weighted by Gasteiger charge is 2.53. The third-order valence-corrected chi connectivity index (χ3v) is 5.78. The number of hydrogen-bond acceptors (Lipinski definition) is 1. The van der Waals surface area contributed by atoms with Crippen molar-refractivity contribution in [2.24, 2.45) is 23.7 Å². The molecule has 3 fully saturated rings. The van der Waals surface area contributed by atoms with Crippen LogP contribution in [0.5, 0.6) is 0 Å². The average Bonchev–Trinajstić information content (AvgIpc) is 3.07. The van der Waals surface area contributed by atoms with E-state index in [2.05, 4.69) is 5.32 Å². The Morgan fingerprint density at radius 1 is 0.850 bits per heavy atom. The minimum absolute atomic E-state index is 0.107. The van der Waals surface area contributed by atoms with Crippen LogP contribution in [0.15, 0.2) is 12.1 Å². The molecule has 3 aliphatic rings. The fourth-order valence-electron chi connectivity index (χ4n) is 5.07. The van der Waals surface area contributed by atoms with Gasteiger partial charge in [0.25, 0.3) is 0 Å². The van der Waals surface area contributed by atoms with Crippen molar-refractivity contribution in [2.75, 3.05) is 5.32 Å². The second-order valence-corrected chi connectivity index (χ2v) is 6.65. The van der Waals surface area contributed by atoms with Gasteiger partial charge in [-0.15, -0.1) is 0 Å². The second kappa shape index (κ2) is 4.40. The summed E-state index contributed by atoms with van der Waals surface area (Å²) >= 11 is 0. The predicted molar refractivity (Wildman–Crippen MR) is 70.8 cm³/mol. The quantitative estimate of drug-likeness (QED) is 0.795. The highest BCUT2D eigenvalue weighted by Crippen LogP contribution is 2.59. The molecule has 4 heteroatoms. The molecule has 1 nitrogen and oxygen atoms in total. The van der Waals surface area contributed by atoms with E-state index >= 15 is 0 Å². The van der Waals surface area contributed by atoms with Gasteiger partial charge in [-0.3, -0.25) is 0 Å². The molecule has 0 radical (unpaired) electrons. The third-order valence-electron chi connectivity index (χ3n) is 5.78. The lowest BCUT2D eigenvalue weighted by atomic mass is 9.79. The van der Waals surface area contributed by atoms with Crippen LogP contribution in [0.4, 0.5) is 18.9 Å². The molecular weight excluding hydrogens is 263 g/mol. The predicted octanol–water partition coefficient (Wildman–Crippen LogP) is 4.34. The molecule has 1 aromatic rings. The third kappa shape index (κ3) is 1.76. The van der Waals surface area contributed by atoms with E-state index in [1.54, 1.807) is 0 Å². The maximum atomic E-state index is 13.7. The number of anilines is 1. The van der Waals surface area contributed by atoms with E-state index < -0.39 is 17.5 Å². The fourth-order valence-corrected chi connectivity index (χ4v) is 5.07. The van der Waals surface area contributed by atoms with Gasteiger partial charge < -0.3 is 5.32 Å². The molecule has 5 atom stereocenters. The fraction of sp³-hybridized carbons (Fsp3) is 0.625. The Hall–Kier alpha value is -1.19. The summed E-state index contributed by atoms with van der Waals surface area (Å²) in [7, 11) is 0. The summed E-state index contributed by atoms with van der Waals surface area (Å²) in [6.45, 7) is 0. The van der Waals surface area contributed by atoms with E-state index in [0.717, 1.165) is 30.2 Å². The molecule has 108 valence electrons. The first-order valence-electron chi connectivity index (χ1n) is 7.54. The Labute approximate surface area is 116 Å². The van der Waals surface area contributed by atoms with Gasteiger partial charge >= 0.3 is 0 Å². The van der Waals surface area contributed by atoms with Crippen LogP contribution >= 0.6 is 0 Å². The summed E-state index contributed by atoms with van der Waals surface area (Å²) in [4.78, 5) is 0. The molecule has 0 aromatic heterocycles. The summed E-state index contributed by atoms with van der Waals surface area (Å²) in [6.07, 6.45) is 6.21. The molecule has 3 aliphatic carbocycles. The Morgan fingerprint density at radius 2 is 1.60 bits per heavy atom. The second-order valence-electron chi connectivity index (χ2n) is 6.65. The summed E-state index contributed by atoms with van der Waals surface area (Å²) < 4.78 is 39.9. The van der Waals surface area contributed by atoms with Gasteiger partial charge in [-0.1, -0.05) is 6.42 Å². The van der Waals surface area contributed by atoms with Gasteiger partial charge in [0.2, 0.25) is 0 Å². The highest BCUT2D eigenvalue weighted by molar-refractivity contribution is 5.46. The summed E-state index contributed by atoms with van der Waals surface area (Å²) in [6, 6.07) is 1.80. The van der Waals surface area contributed by atoms with Gasteiger partial charge in [0, 0.05) is 18.2 Å². The van der Waals surface area contributed by atoms with Crippen molar-refractivity contribution in [3.05, 3.63) is 29.6 Å². The number of fused-ring (bicyclic) bond motifs is 5. The minimum atomic E-state index is -1.13. The zero-order valence-corrected chi connectivity index (χ0v) is 11.2. The van der Waals surface area contributed by atoms with Gasteiger partial charge in [-0.25, -0.2) is 13.2 Å². The molecule has 20 heavy (non-hydrogen) atoms. The lowest BCUT2D eigenvalue weighted by Gasteiger charge is -2.32. The Morgan fingerprint density at radius 3 is 2.45 bits per heavy atom. The molecule has 1 N–H and O–H groups in total. The van der Waals surface area contributed by atoms with Crippen molar-refractivity contribution >= 4 is 5.69 Å². The van der Waals surface area contributed by atoms with E-state index in [1.807, 2.05) is 0 Å². The molecule has 2 bridgehead atoms. The van der Waals surface area contributed by atoms with E-state index in [4.69, 9.17) is 0 Å². The Balaban J connectivity index is 1.55. The number of hydrogen-bond donors (Lipinski definition) is 1. The minimum Gasteiger partial charge on any atom is -0.380 e. The van der Waals surface area contributed by atoms with Crippen LogP contribution in [0.2, 0.25) is 0 Å². The van der Waals surface area contributed by atoms with Gasteiger partial charge in [-0.2, -0.15) is 0 Å². The van der Waals surface area contributed by atoms with E-state index in [-0.39, 0.29) is 11.7 Å². The average molecular weight is 281 g/mol. The van der Waals surface area contributed by atoms with E-state index in [9.17, 15) is 13.2 Å². The van der Waals surface area contributed by atoms with Crippen LogP contribution in [0.1, 0.15) is 32.1 Å². The molecular formula is C16H18F3N. The highest BCUT2D eigenvalue weighted by atomic mass is 19.2. The van der Waals surface area contributed by atoms with Crippen LogP contribution in [-0.4, -0.2) is 6.04 Å². The summed E-state index contributed by atoms with van der Waals surface area (Å²) in [5, 5.41) is 3.14. The largest absolute Gasteiger partial charge is 0.380 e. The van der Waals surface area contributed by atoms with E-state index in [0.29, 0.717) is 12.0 Å². The van der Waals surface area contributed by atoms with Crippen molar-refractivity contribution < 1.29 is 13.2 Å². The van der Waals surface area contributed by atoms with Crippen LogP contribution < -0.4 is 5.32 Å². The van der Waals surface area contributed by atoms with Crippen molar-refractivity contribution in [1.82, 2.24) is 0 Å². The molecule has 0 spiro atoms. The molecule has 3 saturated carbocycles. The van der Waals surface area contributed by atoms with Crippen molar-refractivity contribution in [3.63, 3.8) is 0 Å². The number of nitrogens with one attached hydrogen (secondary N) is 1. The molecule has 5 unspecified atom stereocenters. The smallest absolute Gasteiger partial charge is 0.161 e. The first kappa shape index (κ1) is 12.5. The standard InChI is InChI=1S/C16H18F3N/c17-12-6-14(19)16(7-13(12)18)20-15-5-8-4-11(15)10-3-1-2-9(8)10/h6-11,15,20H,1-5H2.